The van der Waals surface area contributed by atoms with Gasteiger partial charge >= 0.3 is 0 Å². The standard InChI is InChI=1S/C23H20F2N2O2/c1-26-23(29)22(18-11-12-19(24)20(25)14-18)27-21(28)13-15-7-9-17(10-8-15)16-5-3-2-4-6-16/h2-12,14,22H,13H2,1H3,(H,26,29)(H,27,28). The predicted octanol–water partition coefficient (Wildman–Crippen LogP) is 3.78. The minimum Gasteiger partial charge on any atom is -0.357 e. The van der Waals surface area contributed by atoms with E-state index in [9.17, 15) is 18.4 Å². The third-order valence-electron chi connectivity index (χ3n) is 4.52. The van der Waals surface area contributed by atoms with Crippen molar-refractivity contribution in [1.82, 2.24) is 10.6 Å². The van der Waals surface area contributed by atoms with Crippen molar-refractivity contribution in [3.63, 3.8) is 0 Å². The zero-order valence-corrected chi connectivity index (χ0v) is 15.8. The van der Waals surface area contributed by atoms with Crippen LogP contribution in [0.15, 0.2) is 72.8 Å². The molecule has 6 heteroatoms. The first-order chi connectivity index (χ1) is 14.0. The van der Waals surface area contributed by atoms with Gasteiger partial charge in [-0.2, -0.15) is 0 Å². The van der Waals surface area contributed by atoms with Gasteiger partial charge in [0.1, 0.15) is 6.04 Å². The van der Waals surface area contributed by atoms with E-state index in [1.165, 1.54) is 13.1 Å². The molecule has 1 unspecified atom stereocenters. The molecule has 0 fully saturated rings. The molecule has 148 valence electrons. The van der Waals surface area contributed by atoms with Crippen LogP contribution < -0.4 is 10.6 Å². The van der Waals surface area contributed by atoms with Crippen molar-refractivity contribution in [2.45, 2.75) is 12.5 Å². The molecule has 4 nitrogen and oxygen atoms in total. The van der Waals surface area contributed by atoms with E-state index >= 15 is 0 Å². The number of hydrogen-bond acceptors (Lipinski definition) is 2. The number of halogens is 2. The van der Waals surface area contributed by atoms with E-state index in [-0.39, 0.29) is 12.0 Å². The maximum atomic E-state index is 13.5. The van der Waals surface area contributed by atoms with E-state index in [1.807, 2.05) is 54.6 Å². The Hall–Kier alpha value is -3.54. The van der Waals surface area contributed by atoms with Gasteiger partial charge in [0.25, 0.3) is 0 Å². The lowest BCUT2D eigenvalue weighted by Crippen LogP contribution is -2.39. The normalized spacial score (nSPS) is 11.6. The molecule has 2 amide bonds. The van der Waals surface area contributed by atoms with Crippen molar-refractivity contribution >= 4 is 11.8 Å². The summed E-state index contributed by atoms with van der Waals surface area (Å²) in [5.41, 5.74) is 3.03. The van der Waals surface area contributed by atoms with Crippen LogP contribution in [0.4, 0.5) is 8.78 Å². The fraction of sp³-hybridized carbons (Fsp3) is 0.130. The number of benzene rings is 3. The van der Waals surface area contributed by atoms with Crippen LogP contribution in [0, 0.1) is 11.6 Å². The second kappa shape index (κ2) is 9.10. The van der Waals surface area contributed by atoms with Crippen molar-refractivity contribution in [1.29, 1.82) is 0 Å². The Bertz CT molecular complexity index is 1010. The Morgan fingerprint density at radius 3 is 2.14 bits per heavy atom. The van der Waals surface area contributed by atoms with E-state index in [0.717, 1.165) is 28.8 Å². The first-order valence-corrected chi connectivity index (χ1v) is 9.08. The predicted molar refractivity (Wildman–Crippen MR) is 107 cm³/mol. The van der Waals surface area contributed by atoms with Gasteiger partial charge in [0.15, 0.2) is 11.6 Å². The van der Waals surface area contributed by atoms with Crippen LogP contribution in [-0.4, -0.2) is 18.9 Å². The fourth-order valence-corrected chi connectivity index (χ4v) is 2.98. The van der Waals surface area contributed by atoms with E-state index in [1.54, 1.807) is 0 Å². The molecule has 0 radical (unpaired) electrons. The smallest absolute Gasteiger partial charge is 0.246 e. The molecule has 0 spiro atoms. The summed E-state index contributed by atoms with van der Waals surface area (Å²) in [5, 5.41) is 5.01. The summed E-state index contributed by atoms with van der Waals surface area (Å²) in [6.07, 6.45) is 0.0479. The molecule has 0 aliphatic carbocycles. The molecule has 3 aromatic carbocycles. The summed E-state index contributed by atoms with van der Waals surface area (Å²) < 4.78 is 26.7. The number of nitrogens with one attached hydrogen (secondary N) is 2. The van der Waals surface area contributed by atoms with Crippen molar-refractivity contribution in [3.8, 4) is 11.1 Å². The number of amides is 2. The molecule has 0 saturated heterocycles. The van der Waals surface area contributed by atoms with Crippen LogP contribution in [0.2, 0.25) is 0 Å². The minimum atomic E-state index is -1.12. The van der Waals surface area contributed by atoms with Crippen LogP contribution >= 0.6 is 0 Å². The fourth-order valence-electron chi connectivity index (χ4n) is 2.98. The van der Waals surface area contributed by atoms with Gasteiger partial charge in [0.05, 0.1) is 6.42 Å². The van der Waals surface area contributed by atoms with E-state index in [0.29, 0.717) is 0 Å². The van der Waals surface area contributed by atoms with Crippen LogP contribution in [0.1, 0.15) is 17.2 Å². The third-order valence-corrected chi connectivity index (χ3v) is 4.52. The highest BCUT2D eigenvalue weighted by molar-refractivity contribution is 5.89. The highest BCUT2D eigenvalue weighted by atomic mass is 19.2. The quantitative estimate of drug-likeness (QED) is 0.669. The van der Waals surface area contributed by atoms with Crippen LogP contribution in [0.25, 0.3) is 11.1 Å². The summed E-state index contributed by atoms with van der Waals surface area (Å²) in [7, 11) is 1.41. The maximum Gasteiger partial charge on any atom is 0.246 e. The number of carbonyl (C=O) groups is 2. The SMILES string of the molecule is CNC(=O)C(NC(=O)Cc1ccc(-c2ccccc2)cc1)c1ccc(F)c(F)c1. The summed E-state index contributed by atoms with van der Waals surface area (Å²) >= 11 is 0. The van der Waals surface area contributed by atoms with Gasteiger partial charge in [-0.25, -0.2) is 8.78 Å². The monoisotopic (exact) mass is 394 g/mol. The molecule has 0 aromatic heterocycles. The van der Waals surface area contributed by atoms with E-state index in [2.05, 4.69) is 10.6 Å². The van der Waals surface area contributed by atoms with Gasteiger partial charge in [-0.1, -0.05) is 60.7 Å². The first-order valence-electron chi connectivity index (χ1n) is 9.08. The summed E-state index contributed by atoms with van der Waals surface area (Å²) in [4.78, 5) is 24.6. The van der Waals surface area contributed by atoms with E-state index < -0.39 is 29.5 Å². The molecular formula is C23H20F2N2O2. The number of rotatable bonds is 6. The average molecular weight is 394 g/mol. The third kappa shape index (κ3) is 5.04. The van der Waals surface area contributed by atoms with Gasteiger partial charge in [0, 0.05) is 7.05 Å². The van der Waals surface area contributed by atoms with E-state index in [4.69, 9.17) is 0 Å². The first kappa shape index (κ1) is 20.2. The second-order valence-electron chi connectivity index (χ2n) is 6.53. The minimum absolute atomic E-state index is 0.0479. The highest BCUT2D eigenvalue weighted by Crippen LogP contribution is 2.20. The van der Waals surface area contributed by atoms with Crippen LogP contribution in [0.5, 0.6) is 0 Å². The van der Waals surface area contributed by atoms with Gasteiger partial charge in [-0.3, -0.25) is 9.59 Å². The molecule has 0 heterocycles. The molecule has 0 aliphatic heterocycles. The molecule has 3 aromatic rings. The van der Waals surface area contributed by atoms with Crippen molar-refractivity contribution in [2.24, 2.45) is 0 Å². The molecule has 0 saturated carbocycles. The van der Waals surface area contributed by atoms with Gasteiger partial charge in [0.2, 0.25) is 11.8 Å². The lowest BCUT2D eigenvalue weighted by Gasteiger charge is -2.18. The van der Waals surface area contributed by atoms with Crippen LogP contribution in [0.3, 0.4) is 0 Å². The molecule has 29 heavy (non-hydrogen) atoms. The average Bonchev–Trinajstić information content (AvgIpc) is 2.74. The molecule has 3 rings (SSSR count). The number of hydrogen-bond donors (Lipinski definition) is 2. The molecule has 2 N–H and O–H groups in total. The Morgan fingerprint density at radius 2 is 1.52 bits per heavy atom. The molecule has 0 bridgehead atoms. The topological polar surface area (TPSA) is 58.2 Å². The Kier molecular flexibility index (Phi) is 6.34. The lowest BCUT2D eigenvalue weighted by molar-refractivity contribution is -0.128. The Labute approximate surface area is 167 Å². The second-order valence-corrected chi connectivity index (χ2v) is 6.53. The van der Waals surface area contributed by atoms with Crippen molar-refractivity contribution in [2.75, 3.05) is 7.05 Å². The van der Waals surface area contributed by atoms with Crippen LogP contribution in [-0.2, 0) is 16.0 Å². The van der Waals surface area contributed by atoms with Gasteiger partial charge < -0.3 is 10.6 Å². The zero-order valence-electron chi connectivity index (χ0n) is 15.8. The van der Waals surface area contributed by atoms with Gasteiger partial charge in [-0.15, -0.1) is 0 Å². The summed E-state index contributed by atoms with van der Waals surface area (Å²) in [5.74, 6) is -3.03. The van der Waals surface area contributed by atoms with Crippen molar-refractivity contribution < 1.29 is 18.4 Å². The summed E-state index contributed by atoms with van der Waals surface area (Å²) in [6, 6.07) is 19.4. The van der Waals surface area contributed by atoms with Gasteiger partial charge in [-0.05, 0) is 34.4 Å². The molecule has 0 aliphatic rings. The zero-order chi connectivity index (χ0) is 20.8. The molecular weight excluding hydrogens is 374 g/mol. The molecule has 1 atom stereocenters. The number of likely N-dealkylation sites (N-methyl/N-ethyl adjacent to an activating group) is 1. The summed E-state index contributed by atoms with van der Waals surface area (Å²) in [6.45, 7) is 0. The maximum absolute atomic E-state index is 13.5. The Balaban J connectivity index is 1.71. The van der Waals surface area contributed by atoms with Crippen molar-refractivity contribution in [3.05, 3.63) is 95.6 Å². The lowest BCUT2D eigenvalue weighted by atomic mass is 10.0. The largest absolute Gasteiger partial charge is 0.357 e. The highest BCUT2D eigenvalue weighted by Gasteiger charge is 2.23. The Morgan fingerprint density at radius 1 is 0.862 bits per heavy atom. The number of carbonyl (C=O) groups excluding carboxylic acids is 2.